The van der Waals surface area contributed by atoms with E-state index in [4.69, 9.17) is 17.0 Å². The molecular formula is C21H19BrN6O2S2. The van der Waals surface area contributed by atoms with Crippen LogP contribution in [0.3, 0.4) is 0 Å². The summed E-state index contributed by atoms with van der Waals surface area (Å²) < 4.78 is 7.93. The molecule has 0 saturated carbocycles. The Labute approximate surface area is 202 Å². The van der Waals surface area contributed by atoms with Crippen LogP contribution < -0.4 is 15.4 Å². The Hall–Kier alpha value is -2.89. The Balaban J connectivity index is 1.45. The van der Waals surface area contributed by atoms with Gasteiger partial charge in [0, 0.05) is 22.1 Å². The first kappa shape index (κ1) is 22.3. The number of hydrogen-bond donors (Lipinski definition) is 2. The first-order valence-corrected chi connectivity index (χ1v) is 11.7. The van der Waals surface area contributed by atoms with E-state index in [2.05, 4.69) is 41.9 Å². The number of aromatic nitrogens is 4. The van der Waals surface area contributed by atoms with Crippen LogP contribution in [-0.4, -0.2) is 37.9 Å². The van der Waals surface area contributed by atoms with E-state index in [-0.39, 0.29) is 11.0 Å². The third-order valence-electron chi connectivity index (χ3n) is 4.68. The molecule has 0 unspecified atom stereocenters. The molecule has 2 N–H and O–H groups in total. The molecule has 0 aliphatic rings. The van der Waals surface area contributed by atoms with Crippen molar-refractivity contribution in [3.63, 3.8) is 0 Å². The summed E-state index contributed by atoms with van der Waals surface area (Å²) in [7, 11) is 1.53. The highest BCUT2D eigenvalue weighted by Crippen LogP contribution is 2.28. The number of fused-ring (bicyclic) bond motifs is 1. The van der Waals surface area contributed by atoms with Gasteiger partial charge in [0.25, 0.3) is 5.91 Å². The van der Waals surface area contributed by atoms with Gasteiger partial charge in [0.1, 0.15) is 10.8 Å². The number of aryl methyl sites for hydroxylation is 2. The second-order valence-electron chi connectivity index (χ2n) is 6.86. The number of halogens is 1. The van der Waals surface area contributed by atoms with Crippen molar-refractivity contribution in [2.45, 2.75) is 20.3 Å². The van der Waals surface area contributed by atoms with Gasteiger partial charge in [-0.3, -0.25) is 10.1 Å². The topological polar surface area (TPSA) is 93.4 Å². The number of amides is 1. The van der Waals surface area contributed by atoms with Crippen molar-refractivity contribution in [1.29, 1.82) is 0 Å². The van der Waals surface area contributed by atoms with Crippen LogP contribution in [0.25, 0.3) is 15.5 Å². The van der Waals surface area contributed by atoms with Gasteiger partial charge in [-0.15, -0.1) is 10.2 Å². The number of benzene rings is 2. The summed E-state index contributed by atoms with van der Waals surface area (Å²) in [5.74, 6) is 0.986. The summed E-state index contributed by atoms with van der Waals surface area (Å²) in [6.07, 6.45) is 0.766. The third kappa shape index (κ3) is 4.50. The maximum atomic E-state index is 12.7. The van der Waals surface area contributed by atoms with Crippen LogP contribution >= 0.6 is 39.5 Å². The summed E-state index contributed by atoms with van der Waals surface area (Å²) in [6, 6.07) is 11.2. The van der Waals surface area contributed by atoms with Crippen LogP contribution in [0.15, 0.2) is 40.9 Å². The smallest absolute Gasteiger partial charge is 0.261 e. The molecule has 2 aromatic heterocycles. The summed E-state index contributed by atoms with van der Waals surface area (Å²) in [5.41, 5.74) is 2.94. The number of nitrogens with one attached hydrogen (secondary N) is 2. The molecule has 4 aromatic rings. The first-order chi connectivity index (χ1) is 15.4. The molecule has 11 heteroatoms. The Morgan fingerprint density at radius 1 is 1.25 bits per heavy atom. The standard InChI is InChI=1S/C21H19BrN6O2S2/c1-4-16-25-26-21-28(16)27-19(32-21)12-5-7-14(8-6-12)23-20(31)24-18(29)15-10-13(22)9-11(2)17(15)30-3/h5-10H,4H2,1-3H3,(H2,23,24,29,31). The number of carbonyl (C=O) groups excluding carboxylic acids is 1. The van der Waals surface area contributed by atoms with E-state index >= 15 is 0 Å². The van der Waals surface area contributed by atoms with Gasteiger partial charge in [0.05, 0.1) is 12.7 Å². The zero-order valence-corrected chi connectivity index (χ0v) is 20.7. The van der Waals surface area contributed by atoms with Crippen molar-refractivity contribution in [2.75, 3.05) is 12.4 Å². The number of carbonyl (C=O) groups is 1. The molecule has 0 aliphatic carbocycles. The summed E-state index contributed by atoms with van der Waals surface area (Å²) in [5, 5.41) is 19.6. The zero-order valence-electron chi connectivity index (χ0n) is 17.5. The Morgan fingerprint density at radius 3 is 2.69 bits per heavy atom. The van der Waals surface area contributed by atoms with Gasteiger partial charge in [0.2, 0.25) is 4.96 Å². The Kier molecular flexibility index (Phi) is 6.49. The first-order valence-electron chi connectivity index (χ1n) is 9.67. The average Bonchev–Trinajstić information content (AvgIpc) is 3.34. The summed E-state index contributed by atoms with van der Waals surface area (Å²) in [4.78, 5) is 13.5. The normalized spacial score (nSPS) is 10.9. The van der Waals surface area contributed by atoms with E-state index < -0.39 is 0 Å². The molecule has 0 atom stereocenters. The van der Waals surface area contributed by atoms with Crippen molar-refractivity contribution in [3.05, 3.63) is 57.8 Å². The number of nitrogens with zero attached hydrogens (tertiary/aromatic N) is 4. The van der Waals surface area contributed by atoms with Gasteiger partial charge in [-0.25, -0.2) is 0 Å². The van der Waals surface area contributed by atoms with Gasteiger partial charge in [-0.1, -0.05) is 34.2 Å². The quantitative estimate of drug-likeness (QED) is 0.363. The average molecular weight is 531 g/mol. The highest BCUT2D eigenvalue weighted by Gasteiger charge is 2.17. The van der Waals surface area contributed by atoms with E-state index in [1.165, 1.54) is 18.4 Å². The molecule has 0 spiro atoms. The highest BCUT2D eigenvalue weighted by atomic mass is 79.9. The van der Waals surface area contributed by atoms with Crippen LogP contribution in [0.2, 0.25) is 0 Å². The van der Waals surface area contributed by atoms with Crippen LogP contribution in [0.5, 0.6) is 5.75 Å². The molecule has 0 aliphatic heterocycles. The summed E-state index contributed by atoms with van der Waals surface area (Å²) >= 11 is 10.2. The van der Waals surface area contributed by atoms with Crippen molar-refractivity contribution in [3.8, 4) is 16.3 Å². The van der Waals surface area contributed by atoms with Gasteiger partial charge in [-0.2, -0.15) is 9.61 Å². The monoisotopic (exact) mass is 530 g/mol. The van der Waals surface area contributed by atoms with Gasteiger partial charge in [-0.05, 0) is 61.1 Å². The van der Waals surface area contributed by atoms with E-state index in [0.717, 1.165) is 43.5 Å². The van der Waals surface area contributed by atoms with Crippen molar-refractivity contribution < 1.29 is 9.53 Å². The molecular weight excluding hydrogens is 512 g/mol. The lowest BCUT2D eigenvalue weighted by molar-refractivity contribution is 0.0974. The lowest BCUT2D eigenvalue weighted by Gasteiger charge is -2.14. The molecule has 4 rings (SSSR count). The Bertz CT molecular complexity index is 1320. The lowest BCUT2D eigenvalue weighted by atomic mass is 10.1. The molecule has 0 radical (unpaired) electrons. The minimum absolute atomic E-state index is 0.189. The number of thiocarbonyl (C=S) groups is 1. The van der Waals surface area contributed by atoms with Crippen LogP contribution in [0.1, 0.15) is 28.7 Å². The van der Waals surface area contributed by atoms with Crippen LogP contribution in [0.4, 0.5) is 5.69 Å². The number of anilines is 1. The van der Waals surface area contributed by atoms with Crippen LogP contribution in [0, 0.1) is 6.92 Å². The fourth-order valence-electron chi connectivity index (χ4n) is 3.19. The Morgan fingerprint density at radius 2 is 2.00 bits per heavy atom. The van der Waals surface area contributed by atoms with Gasteiger partial charge < -0.3 is 10.1 Å². The van der Waals surface area contributed by atoms with E-state index in [0.29, 0.717) is 11.3 Å². The molecule has 0 fully saturated rings. The maximum absolute atomic E-state index is 12.7. The minimum Gasteiger partial charge on any atom is -0.496 e. The summed E-state index contributed by atoms with van der Waals surface area (Å²) in [6.45, 7) is 3.89. The largest absolute Gasteiger partial charge is 0.496 e. The fourth-order valence-corrected chi connectivity index (χ4v) is 4.84. The van der Waals surface area contributed by atoms with Gasteiger partial charge in [0.15, 0.2) is 10.9 Å². The molecule has 8 nitrogen and oxygen atoms in total. The van der Waals surface area contributed by atoms with Gasteiger partial charge >= 0.3 is 0 Å². The molecule has 0 saturated heterocycles. The molecule has 32 heavy (non-hydrogen) atoms. The molecule has 0 bridgehead atoms. The number of rotatable bonds is 5. The van der Waals surface area contributed by atoms with Crippen molar-refractivity contribution >= 4 is 61.2 Å². The number of hydrogen-bond acceptors (Lipinski definition) is 7. The van der Waals surface area contributed by atoms with E-state index in [1.54, 1.807) is 10.6 Å². The maximum Gasteiger partial charge on any atom is 0.261 e. The van der Waals surface area contributed by atoms with Crippen LogP contribution in [-0.2, 0) is 6.42 Å². The van der Waals surface area contributed by atoms with E-state index in [9.17, 15) is 4.79 Å². The molecule has 1 amide bonds. The molecule has 2 aromatic carbocycles. The second kappa shape index (κ2) is 9.31. The predicted octanol–water partition coefficient (Wildman–Crippen LogP) is 4.62. The third-order valence-corrected chi connectivity index (χ3v) is 6.29. The van der Waals surface area contributed by atoms with Crippen molar-refractivity contribution in [1.82, 2.24) is 25.1 Å². The highest BCUT2D eigenvalue weighted by molar-refractivity contribution is 9.10. The minimum atomic E-state index is -0.355. The second-order valence-corrected chi connectivity index (χ2v) is 9.14. The molecule has 2 heterocycles. The lowest BCUT2D eigenvalue weighted by Crippen LogP contribution is -2.34. The fraction of sp³-hybridized carbons (Fsp3) is 0.190. The number of methoxy groups -OCH3 is 1. The SMILES string of the molecule is CCc1nnc2sc(-c3ccc(NC(=S)NC(=O)c4cc(Br)cc(C)c4OC)cc3)nn12. The van der Waals surface area contributed by atoms with Crippen molar-refractivity contribution in [2.24, 2.45) is 0 Å². The molecule has 164 valence electrons. The van der Waals surface area contributed by atoms with E-state index in [1.807, 2.05) is 44.2 Å². The number of ether oxygens (including phenoxy) is 1. The predicted molar refractivity (Wildman–Crippen MR) is 133 cm³/mol. The zero-order chi connectivity index (χ0) is 22.8.